The van der Waals surface area contributed by atoms with Crippen molar-refractivity contribution in [1.29, 1.82) is 5.26 Å². The molecule has 1 amide bonds. The van der Waals surface area contributed by atoms with Crippen LogP contribution in [0.4, 0.5) is 0 Å². The lowest BCUT2D eigenvalue weighted by Gasteiger charge is -2.28. The summed E-state index contributed by atoms with van der Waals surface area (Å²) in [5.41, 5.74) is 2.68. The highest BCUT2D eigenvalue weighted by atomic mass is 16.5. The summed E-state index contributed by atoms with van der Waals surface area (Å²) in [6.07, 6.45) is 1.40. The highest BCUT2D eigenvalue weighted by Crippen LogP contribution is 2.20. The van der Waals surface area contributed by atoms with E-state index in [1.54, 1.807) is 61.5 Å². The molecule has 0 aromatic heterocycles. The van der Waals surface area contributed by atoms with Gasteiger partial charge in [0.2, 0.25) is 6.04 Å². The molecule has 0 saturated carbocycles. The number of carboxylic acid groups (broad SMARTS) is 2. The quantitative estimate of drug-likeness (QED) is 0.148. The maximum absolute atomic E-state index is 11.4. The molecular weight excluding hydrogens is 632 g/mol. The number of allylic oxidation sites excluding steroid dienone is 2. The lowest BCUT2D eigenvalue weighted by molar-refractivity contribution is -0.169. The number of nitrogens with two attached hydrogens (primary N) is 1. The topological polar surface area (TPSA) is 206 Å². The third-order valence-electron chi connectivity index (χ3n) is 7.07. The zero-order valence-corrected chi connectivity index (χ0v) is 33.2. The molecule has 13 nitrogen and oxygen atoms in total. The molecule has 0 aromatic rings. The number of hydrogen-bond donors (Lipinski definition) is 5. The number of carbonyl (C=O) groups is 3. The number of nitrogens with zero attached hydrogens (tertiary/aromatic N) is 2. The molecule has 1 fully saturated rings. The Morgan fingerprint density at radius 1 is 1.06 bits per heavy atom. The van der Waals surface area contributed by atoms with Gasteiger partial charge in [-0.25, -0.2) is 16.2 Å². The van der Waals surface area contributed by atoms with E-state index in [4.69, 9.17) is 47.1 Å². The number of hydrogen-bond acceptors (Lipinski definition) is 9. The lowest BCUT2D eigenvalue weighted by atomic mass is 10.0. The minimum absolute atomic E-state index is 0.0151. The third-order valence-corrected chi connectivity index (χ3v) is 7.07. The van der Waals surface area contributed by atoms with Crippen LogP contribution in [-0.2, 0) is 28.6 Å². The monoisotopic (exact) mass is 700 g/mol. The van der Waals surface area contributed by atoms with E-state index in [9.17, 15) is 14.4 Å². The van der Waals surface area contributed by atoms with Crippen LogP contribution in [0.5, 0.6) is 0 Å². The Bertz CT molecular complexity index is 1090. The summed E-state index contributed by atoms with van der Waals surface area (Å²) in [5, 5.41) is 36.9. The molecular formula is C36H68N4O9. The molecule has 1 aliphatic heterocycles. The Balaban J connectivity index is -0.000000270. The zero-order valence-electron chi connectivity index (χ0n) is 33.2. The summed E-state index contributed by atoms with van der Waals surface area (Å²) in [5.74, 6) is -1.44. The van der Waals surface area contributed by atoms with Gasteiger partial charge in [0.25, 0.3) is 5.91 Å². The number of aliphatic hydroxyl groups is 1. The van der Waals surface area contributed by atoms with E-state index in [2.05, 4.69) is 17.1 Å². The summed E-state index contributed by atoms with van der Waals surface area (Å²) in [7, 11) is 0. The number of carbonyl (C=O) groups excluding carboxylic acids is 1. The first-order valence-corrected chi connectivity index (χ1v) is 16.5. The molecule has 13 heteroatoms. The van der Waals surface area contributed by atoms with Gasteiger partial charge in [-0.05, 0) is 115 Å². The minimum atomic E-state index is -1.22. The summed E-state index contributed by atoms with van der Waals surface area (Å²) in [6.45, 7) is 37.7. The van der Waals surface area contributed by atoms with Gasteiger partial charge in [0.15, 0.2) is 11.2 Å². The molecule has 1 aliphatic rings. The van der Waals surface area contributed by atoms with E-state index in [1.807, 2.05) is 33.8 Å². The van der Waals surface area contributed by atoms with Crippen molar-refractivity contribution in [2.75, 3.05) is 13.1 Å². The van der Waals surface area contributed by atoms with E-state index >= 15 is 0 Å². The Morgan fingerprint density at radius 3 is 1.73 bits per heavy atom. The van der Waals surface area contributed by atoms with E-state index in [-0.39, 0.29) is 36.2 Å². The highest BCUT2D eigenvalue weighted by molar-refractivity contribution is 5.84. The summed E-state index contributed by atoms with van der Waals surface area (Å²) in [4.78, 5) is 36.0. The van der Waals surface area contributed by atoms with Crippen LogP contribution in [0.2, 0.25) is 0 Å². The molecule has 1 heterocycles. The smallest absolute Gasteiger partial charge is 0.335 e. The van der Waals surface area contributed by atoms with Gasteiger partial charge < -0.3 is 45.4 Å². The van der Waals surface area contributed by atoms with Crippen LogP contribution >= 0.6 is 0 Å². The average Bonchev–Trinajstić information content (AvgIpc) is 3.05. The number of nitrogens with one attached hydrogen (secondary N) is 1. The maximum atomic E-state index is 11.4. The van der Waals surface area contributed by atoms with Crippen LogP contribution in [0.1, 0.15) is 118 Å². The number of nitriles is 1. The van der Waals surface area contributed by atoms with Crippen molar-refractivity contribution in [3.8, 4) is 6.07 Å². The van der Waals surface area contributed by atoms with Crippen molar-refractivity contribution < 1.29 is 43.9 Å². The molecule has 1 rings (SSSR count). The van der Waals surface area contributed by atoms with Crippen molar-refractivity contribution in [1.82, 2.24) is 5.32 Å². The number of aliphatic carboxylic acids is 2. The SMILES string of the molecule is C/C=C(\C)C#N.CC(C)(C)O.CC(CN)C(C)OC(C)(C)C(=O)O.CC1CNC(=O)C(C)(C)OC1C.[C-]#[N+]C(C)C(C)OC(C)(C)C(=O)O. The third kappa shape index (κ3) is 27.4. The second-order valence-electron chi connectivity index (χ2n) is 14.6. The van der Waals surface area contributed by atoms with Gasteiger partial charge in [0.1, 0.15) is 11.7 Å². The molecule has 286 valence electrons. The molecule has 1 saturated heterocycles. The number of rotatable bonds is 9. The molecule has 6 atom stereocenters. The molecule has 0 spiro atoms. The fourth-order valence-electron chi connectivity index (χ4n) is 2.87. The van der Waals surface area contributed by atoms with Crippen molar-refractivity contribution in [2.45, 2.75) is 164 Å². The zero-order chi connectivity index (χ0) is 40.1. The van der Waals surface area contributed by atoms with Crippen LogP contribution in [-0.4, -0.2) is 93.0 Å². The van der Waals surface area contributed by atoms with E-state index in [0.717, 1.165) is 5.57 Å². The molecule has 0 bridgehead atoms. The number of amides is 1. The van der Waals surface area contributed by atoms with Crippen molar-refractivity contribution in [3.05, 3.63) is 23.1 Å². The Kier molecular flexibility index (Phi) is 26.0. The second kappa shape index (κ2) is 24.1. The van der Waals surface area contributed by atoms with Crippen molar-refractivity contribution in [3.63, 3.8) is 0 Å². The summed E-state index contributed by atoms with van der Waals surface area (Å²) < 4.78 is 16.2. The van der Waals surface area contributed by atoms with E-state index in [0.29, 0.717) is 19.0 Å². The Morgan fingerprint density at radius 2 is 1.45 bits per heavy atom. The first-order valence-electron chi connectivity index (χ1n) is 16.5. The van der Waals surface area contributed by atoms with Gasteiger partial charge in [0, 0.05) is 19.0 Å². The lowest BCUT2D eigenvalue weighted by Crippen LogP contribution is -2.42. The Labute approximate surface area is 296 Å². The van der Waals surface area contributed by atoms with Gasteiger partial charge >= 0.3 is 11.9 Å². The number of carboxylic acids is 2. The second-order valence-corrected chi connectivity index (χ2v) is 14.6. The molecule has 6 N–H and O–H groups in total. The van der Waals surface area contributed by atoms with Crippen LogP contribution in [0.15, 0.2) is 11.6 Å². The van der Waals surface area contributed by atoms with Gasteiger partial charge in [-0.1, -0.05) is 19.9 Å². The molecule has 49 heavy (non-hydrogen) atoms. The van der Waals surface area contributed by atoms with Gasteiger partial charge in [-0.2, -0.15) is 5.26 Å². The first-order chi connectivity index (χ1) is 21.9. The number of ether oxygens (including phenoxy) is 3. The standard InChI is InChI=1S/C9H15NO3.C9H19NO3.C9H17NO2.C5H7N.C4H10O/c1-6(10-5)7(2)13-9(3,4)8(11)12;1-6(5-10)7(2)13-9(3,4)8(11)12;1-6-5-10-8(11)9(3,4)12-7(6)2;1-3-5(2)4-6;1-4(2,3)5/h6-7H,1-4H3,(H,11,12);6-7H,5,10H2,1-4H3,(H,11,12);6-7H,5H2,1-4H3,(H,10,11);3H,1-2H3;5H,1-3H3/b;;;5-3+;. The van der Waals surface area contributed by atoms with Gasteiger partial charge in [-0.15, -0.1) is 0 Å². The van der Waals surface area contributed by atoms with Crippen LogP contribution in [0.3, 0.4) is 0 Å². The van der Waals surface area contributed by atoms with Crippen molar-refractivity contribution >= 4 is 17.8 Å². The Hall–Kier alpha value is -3.07. The minimum Gasteiger partial charge on any atom is -0.479 e. The van der Waals surface area contributed by atoms with E-state index in [1.165, 1.54) is 27.7 Å². The predicted octanol–water partition coefficient (Wildman–Crippen LogP) is 5.60. The molecule has 0 aromatic carbocycles. The largest absolute Gasteiger partial charge is 0.479 e. The van der Waals surface area contributed by atoms with Gasteiger partial charge in [-0.3, -0.25) is 4.79 Å². The fourth-order valence-corrected chi connectivity index (χ4v) is 2.87. The van der Waals surface area contributed by atoms with E-state index < -0.39 is 34.3 Å². The molecule has 0 radical (unpaired) electrons. The summed E-state index contributed by atoms with van der Waals surface area (Å²) >= 11 is 0. The summed E-state index contributed by atoms with van der Waals surface area (Å²) in [6, 6.07) is 1.65. The highest BCUT2D eigenvalue weighted by Gasteiger charge is 2.35. The average molecular weight is 701 g/mol. The normalized spacial score (nSPS) is 19.9. The first kappa shape index (κ1) is 52.7. The van der Waals surface area contributed by atoms with Crippen molar-refractivity contribution in [2.24, 2.45) is 17.6 Å². The molecule has 6 unspecified atom stereocenters. The maximum Gasteiger partial charge on any atom is 0.335 e. The predicted molar refractivity (Wildman–Crippen MR) is 193 cm³/mol. The van der Waals surface area contributed by atoms with Crippen LogP contribution in [0, 0.1) is 29.7 Å². The van der Waals surface area contributed by atoms with Gasteiger partial charge in [0.05, 0.1) is 23.9 Å². The fraction of sp³-hybridized carbons (Fsp3) is 0.806. The van der Waals surface area contributed by atoms with Crippen LogP contribution in [0.25, 0.3) is 4.85 Å². The molecule has 0 aliphatic carbocycles. The van der Waals surface area contributed by atoms with Crippen LogP contribution < -0.4 is 11.1 Å².